The van der Waals surface area contributed by atoms with Gasteiger partial charge in [0, 0.05) is 0 Å². The van der Waals surface area contributed by atoms with Crippen LogP contribution in [0.15, 0.2) is 65.7 Å². The fourth-order valence-electron chi connectivity index (χ4n) is 2.91. The molecule has 0 bridgehead atoms. The molecule has 1 fully saturated rings. The number of amides is 1. The van der Waals surface area contributed by atoms with Gasteiger partial charge in [-0.3, -0.25) is 0 Å². The summed E-state index contributed by atoms with van der Waals surface area (Å²) in [5, 5.41) is 6.34. The predicted octanol–water partition coefficient (Wildman–Crippen LogP) is 1.45. The van der Waals surface area contributed by atoms with Crippen LogP contribution in [-0.2, 0) is 4.79 Å². The zero-order valence-corrected chi connectivity index (χ0v) is 17.2. The molecule has 0 spiro atoms. The van der Waals surface area contributed by atoms with Gasteiger partial charge >= 0.3 is 168 Å². The predicted molar refractivity (Wildman–Crippen MR) is 105 cm³/mol. The number of halogens is 1. The average molecular weight is 476 g/mol. The number of aromatic nitrogens is 1. The summed E-state index contributed by atoms with van der Waals surface area (Å²) in [7, 11) is 0. The Morgan fingerprint density at radius 3 is 2.96 bits per heavy atom. The van der Waals surface area contributed by atoms with Crippen molar-refractivity contribution in [1.82, 2.24) is 4.98 Å². The quantitative estimate of drug-likeness (QED) is 0.415. The summed E-state index contributed by atoms with van der Waals surface area (Å²) < 4.78 is 3.80. The number of hydrogen-bond acceptors (Lipinski definition) is 4. The maximum absolute atomic E-state index is 12.8. The Hall–Kier alpha value is -1.93. The third-order valence-corrected chi connectivity index (χ3v) is 8.04. The second-order valence-electron chi connectivity index (χ2n) is 5.97. The van der Waals surface area contributed by atoms with Crippen molar-refractivity contribution < 1.29 is 26.3 Å². The van der Waals surface area contributed by atoms with Gasteiger partial charge in [0.15, 0.2) is 0 Å². The molecule has 4 rings (SSSR count). The molecule has 0 radical (unpaired) electrons. The van der Waals surface area contributed by atoms with Gasteiger partial charge < -0.3 is 0 Å². The van der Waals surface area contributed by atoms with Crippen molar-refractivity contribution in [2.24, 2.45) is 0 Å². The van der Waals surface area contributed by atoms with E-state index in [2.05, 4.69) is 24.9 Å². The molecule has 2 aliphatic rings. The van der Waals surface area contributed by atoms with E-state index in [1.165, 1.54) is 17.3 Å². The van der Waals surface area contributed by atoms with Crippen LogP contribution in [0.3, 0.4) is 0 Å². The van der Waals surface area contributed by atoms with Gasteiger partial charge in [0.05, 0.1) is 0 Å². The summed E-state index contributed by atoms with van der Waals surface area (Å²) in [6.07, 6.45) is 17.5. The summed E-state index contributed by atoms with van der Waals surface area (Å²) in [6.45, 7) is 1.07. The second-order valence-corrected chi connectivity index (χ2v) is 9.79. The normalized spacial score (nSPS) is 17.4. The molecule has 2 aromatic heterocycles. The van der Waals surface area contributed by atoms with Crippen LogP contribution in [-0.4, -0.2) is 21.9 Å². The number of anilines is 2. The molecule has 26 heavy (non-hydrogen) atoms. The Morgan fingerprint density at radius 2 is 2.08 bits per heavy atom. The number of fused-ring (bicyclic) bond motifs is 1. The summed E-state index contributed by atoms with van der Waals surface area (Å²) in [5.41, 5.74) is 2.61. The van der Waals surface area contributed by atoms with Gasteiger partial charge in [-0.2, -0.15) is 0 Å². The van der Waals surface area contributed by atoms with E-state index < -0.39 is 0 Å². The number of pyridine rings is 1. The fraction of sp³-hybridized carbons (Fsp3) is 0.200. The monoisotopic (exact) mass is 476 g/mol. The first-order valence-corrected chi connectivity index (χ1v) is 12.0. The first-order valence-electron chi connectivity index (χ1n) is 8.59. The molecule has 0 aromatic carbocycles. The van der Waals surface area contributed by atoms with Gasteiger partial charge in [-0.05, 0) is 0 Å². The number of rotatable bonds is 3. The molecule has 4 nitrogen and oxygen atoms in total. The molecule has 0 unspecified atom stereocenters. The number of allylic oxidation sites excluding steroid dienone is 6. The van der Waals surface area contributed by atoms with Crippen molar-refractivity contribution in [3.63, 3.8) is 0 Å². The van der Waals surface area contributed by atoms with Crippen LogP contribution in [0.5, 0.6) is 0 Å². The maximum atomic E-state index is 12.8. The van der Waals surface area contributed by atoms with Crippen molar-refractivity contribution in [2.45, 2.75) is 12.8 Å². The zero-order chi connectivity index (χ0) is 17.8. The van der Waals surface area contributed by atoms with Crippen LogP contribution in [0.25, 0.3) is 10.2 Å². The van der Waals surface area contributed by atoms with Crippen LogP contribution >= 0.6 is 11.3 Å². The Bertz CT molecular complexity index is 936. The Morgan fingerprint density at radius 1 is 1.19 bits per heavy atom. The van der Waals surface area contributed by atoms with E-state index in [0.717, 1.165) is 28.1 Å². The first-order chi connectivity index (χ1) is 12.8. The van der Waals surface area contributed by atoms with E-state index in [-0.39, 0.29) is 27.4 Å². The molecule has 2 aromatic rings. The molecule has 3 heterocycles. The third kappa shape index (κ3) is 3.76. The summed E-state index contributed by atoms with van der Waals surface area (Å²) in [4.78, 5) is 18.4. The summed E-state index contributed by atoms with van der Waals surface area (Å²) in [5.74, 6) is -0.103. The molecule has 0 atom stereocenters. The van der Waals surface area contributed by atoms with E-state index in [1.807, 2.05) is 48.7 Å². The average Bonchev–Trinajstić information content (AvgIpc) is 3.10. The van der Waals surface area contributed by atoms with Gasteiger partial charge in [0.2, 0.25) is 0 Å². The molecular weight excluding hydrogens is 457 g/mol. The van der Waals surface area contributed by atoms with Crippen LogP contribution in [0.2, 0.25) is 0 Å². The van der Waals surface area contributed by atoms with Crippen molar-refractivity contribution in [3.05, 3.63) is 65.7 Å². The van der Waals surface area contributed by atoms with Gasteiger partial charge in [-0.25, -0.2) is 0 Å². The van der Waals surface area contributed by atoms with Crippen molar-refractivity contribution in [1.29, 1.82) is 0 Å². The number of nitrogens with one attached hydrogen (secondary N) is 1. The Kier molecular flexibility index (Phi) is 5.50. The molecule has 1 saturated heterocycles. The molecule has 1 amide bonds. The minimum absolute atomic E-state index is 0.0417. The summed E-state index contributed by atoms with van der Waals surface area (Å²) in [6, 6.07) is 2.12. The van der Waals surface area contributed by atoms with Gasteiger partial charge in [0.1, 0.15) is 0 Å². The fourth-order valence-corrected chi connectivity index (χ4v) is 6.66. The molecule has 1 aliphatic carbocycles. The van der Waals surface area contributed by atoms with Gasteiger partial charge in [-0.1, -0.05) is 0 Å². The third-order valence-electron chi connectivity index (χ3n) is 4.18. The van der Waals surface area contributed by atoms with Gasteiger partial charge in [-0.15, -0.1) is 0 Å². The SMILES string of the molecule is O=C(Nc1cnc2sccc2c1N1CCCC[I-]1)C1=CC=CC=CC=C1. The molecule has 0 saturated carbocycles. The van der Waals surface area contributed by atoms with Crippen molar-refractivity contribution in [2.75, 3.05) is 19.4 Å². The van der Waals surface area contributed by atoms with Crippen molar-refractivity contribution >= 4 is 38.8 Å². The van der Waals surface area contributed by atoms with Gasteiger partial charge in [0.25, 0.3) is 0 Å². The van der Waals surface area contributed by atoms with E-state index in [4.69, 9.17) is 0 Å². The number of carbonyl (C=O) groups is 1. The van der Waals surface area contributed by atoms with E-state index in [1.54, 1.807) is 11.3 Å². The number of nitrogens with zero attached hydrogens (tertiary/aromatic N) is 2. The second kappa shape index (κ2) is 8.18. The summed E-state index contributed by atoms with van der Waals surface area (Å²) >= 11 is 1.61. The number of hydrogen-bond donors (Lipinski definition) is 1. The van der Waals surface area contributed by atoms with E-state index >= 15 is 0 Å². The van der Waals surface area contributed by atoms with Crippen LogP contribution in [0.4, 0.5) is 11.4 Å². The number of carbonyl (C=O) groups excluding carboxylic acids is 1. The van der Waals surface area contributed by atoms with Crippen LogP contribution in [0.1, 0.15) is 12.8 Å². The van der Waals surface area contributed by atoms with Crippen molar-refractivity contribution in [3.8, 4) is 0 Å². The Balaban J connectivity index is 1.68. The molecular formula is C20H19IN3OS-. The van der Waals surface area contributed by atoms with Crippen LogP contribution in [0, 0.1) is 0 Å². The standard InChI is InChI=1S/C20H19IN3OS/c25-19(15-8-4-2-1-3-5-9-15)23-17-14-22-20-16(10-13-26-20)18(17)24-12-7-6-11-21-24/h1-5,8-10,13-14H,6-7,11-12H2,(H,23,25)/q-1. The topological polar surface area (TPSA) is 45.2 Å². The molecule has 134 valence electrons. The van der Waals surface area contributed by atoms with E-state index in [9.17, 15) is 4.79 Å². The number of alkyl halides is 1. The molecule has 1 N–H and O–H groups in total. The molecule has 6 heteroatoms. The molecule has 1 aliphatic heterocycles. The zero-order valence-electron chi connectivity index (χ0n) is 14.2. The van der Waals surface area contributed by atoms with E-state index in [0.29, 0.717) is 5.57 Å². The van der Waals surface area contributed by atoms with Crippen LogP contribution < -0.4 is 29.9 Å². The Labute approximate surface area is 167 Å². The number of thiophene rings is 1. The minimum atomic E-state index is -0.103. The first kappa shape index (κ1) is 17.5.